The molecule has 0 aliphatic rings. The van der Waals surface area contributed by atoms with E-state index >= 15 is 0 Å². The molecule has 0 spiro atoms. The quantitative estimate of drug-likeness (QED) is 0.826. The smallest absolute Gasteiger partial charge is 0.126 e. The third kappa shape index (κ3) is 2.76. The van der Waals surface area contributed by atoms with Gasteiger partial charge in [-0.3, -0.25) is 0 Å². The van der Waals surface area contributed by atoms with Crippen LogP contribution in [-0.4, -0.2) is 7.11 Å². The molecule has 0 saturated heterocycles. The summed E-state index contributed by atoms with van der Waals surface area (Å²) >= 11 is 3.47. The van der Waals surface area contributed by atoms with Gasteiger partial charge in [0.15, 0.2) is 0 Å². The van der Waals surface area contributed by atoms with Crippen molar-refractivity contribution in [3.05, 3.63) is 27.7 Å². The van der Waals surface area contributed by atoms with Crippen molar-refractivity contribution >= 4 is 15.9 Å². The summed E-state index contributed by atoms with van der Waals surface area (Å²) in [5.74, 6) is 0.831. The van der Waals surface area contributed by atoms with Crippen molar-refractivity contribution in [2.24, 2.45) is 0 Å². The molecule has 1 aromatic carbocycles. The van der Waals surface area contributed by atoms with Crippen LogP contribution in [0.1, 0.15) is 31.9 Å². The Morgan fingerprint density at radius 2 is 2.00 bits per heavy atom. The van der Waals surface area contributed by atoms with Gasteiger partial charge in [-0.2, -0.15) is 5.26 Å². The lowest BCUT2D eigenvalue weighted by molar-refractivity contribution is 0.393. The SMILES string of the molecule is COc1c(CC#N)cc(Br)cc1C(C)(C)C. The lowest BCUT2D eigenvalue weighted by atomic mass is 9.85. The molecule has 0 radical (unpaired) electrons. The van der Waals surface area contributed by atoms with Crippen LogP contribution in [0.2, 0.25) is 0 Å². The van der Waals surface area contributed by atoms with E-state index in [1.165, 1.54) is 0 Å². The highest BCUT2D eigenvalue weighted by atomic mass is 79.9. The van der Waals surface area contributed by atoms with Crippen LogP contribution < -0.4 is 4.74 Å². The first-order valence-electron chi connectivity index (χ1n) is 5.14. The fraction of sp³-hybridized carbons (Fsp3) is 0.462. The molecule has 1 rings (SSSR count). The highest BCUT2D eigenvalue weighted by Gasteiger charge is 2.21. The first-order valence-corrected chi connectivity index (χ1v) is 5.93. The highest BCUT2D eigenvalue weighted by Crippen LogP contribution is 2.36. The van der Waals surface area contributed by atoms with Crippen LogP contribution in [0.15, 0.2) is 16.6 Å². The Kier molecular flexibility index (Phi) is 3.98. The molecule has 0 unspecified atom stereocenters. The monoisotopic (exact) mass is 281 g/mol. The lowest BCUT2D eigenvalue weighted by Gasteiger charge is -2.24. The zero-order valence-corrected chi connectivity index (χ0v) is 11.7. The molecule has 0 atom stereocenters. The lowest BCUT2D eigenvalue weighted by Crippen LogP contribution is -2.14. The van der Waals surface area contributed by atoms with E-state index in [4.69, 9.17) is 10.00 Å². The standard InChI is InChI=1S/C13H16BrNO/c1-13(2,3)11-8-10(14)7-9(5-6-15)12(11)16-4/h7-8H,5H2,1-4H3. The Balaban J connectivity index is 3.43. The largest absolute Gasteiger partial charge is 0.496 e. The number of nitriles is 1. The number of benzene rings is 1. The van der Waals surface area contributed by atoms with Crippen molar-refractivity contribution < 1.29 is 4.74 Å². The second kappa shape index (κ2) is 4.88. The number of ether oxygens (including phenoxy) is 1. The molecule has 2 nitrogen and oxygen atoms in total. The molecule has 0 heterocycles. The van der Waals surface area contributed by atoms with Crippen molar-refractivity contribution in [3.63, 3.8) is 0 Å². The van der Waals surface area contributed by atoms with Crippen LogP contribution in [0.3, 0.4) is 0 Å². The summed E-state index contributed by atoms with van der Waals surface area (Å²) < 4.78 is 6.43. The van der Waals surface area contributed by atoms with Crippen molar-refractivity contribution in [2.45, 2.75) is 32.6 Å². The molecule has 3 heteroatoms. The first kappa shape index (κ1) is 13.1. The molecule has 86 valence electrons. The Hall–Kier alpha value is -1.01. The van der Waals surface area contributed by atoms with Crippen molar-refractivity contribution in [3.8, 4) is 11.8 Å². The average Bonchev–Trinajstić information content (AvgIpc) is 2.16. The van der Waals surface area contributed by atoms with E-state index in [1.54, 1.807) is 7.11 Å². The molecule has 0 aliphatic carbocycles. The second-order valence-electron chi connectivity index (χ2n) is 4.73. The van der Waals surface area contributed by atoms with E-state index in [1.807, 2.05) is 6.07 Å². The van der Waals surface area contributed by atoms with Gasteiger partial charge in [0.2, 0.25) is 0 Å². The summed E-state index contributed by atoms with van der Waals surface area (Å²) in [6, 6.07) is 6.16. The van der Waals surface area contributed by atoms with Crippen LogP contribution in [0.5, 0.6) is 5.75 Å². The van der Waals surface area contributed by atoms with Gasteiger partial charge >= 0.3 is 0 Å². The normalized spacial score (nSPS) is 11.0. The van der Waals surface area contributed by atoms with Gasteiger partial charge in [-0.15, -0.1) is 0 Å². The minimum absolute atomic E-state index is 0.000666. The molecular weight excluding hydrogens is 266 g/mol. The maximum atomic E-state index is 8.80. The van der Waals surface area contributed by atoms with Crippen LogP contribution in [0.25, 0.3) is 0 Å². The zero-order valence-electron chi connectivity index (χ0n) is 10.1. The van der Waals surface area contributed by atoms with Gasteiger partial charge in [-0.25, -0.2) is 0 Å². The fourth-order valence-corrected chi connectivity index (χ4v) is 2.17. The molecule has 0 saturated carbocycles. The van der Waals surface area contributed by atoms with Gasteiger partial charge in [0.1, 0.15) is 5.75 Å². The predicted octanol–water partition coefficient (Wildman–Crippen LogP) is 3.82. The van der Waals surface area contributed by atoms with Crippen LogP contribution in [-0.2, 0) is 11.8 Å². The molecule has 1 aromatic rings. The minimum atomic E-state index is -0.000666. The van der Waals surface area contributed by atoms with Crippen LogP contribution >= 0.6 is 15.9 Å². The molecule has 0 fully saturated rings. The molecule has 16 heavy (non-hydrogen) atoms. The molecule has 0 bridgehead atoms. The van der Waals surface area contributed by atoms with Gasteiger partial charge in [0.05, 0.1) is 19.6 Å². The number of hydrogen-bond donors (Lipinski definition) is 0. The van der Waals surface area contributed by atoms with Crippen LogP contribution in [0.4, 0.5) is 0 Å². The van der Waals surface area contributed by atoms with Gasteiger partial charge in [0, 0.05) is 15.6 Å². The Bertz CT molecular complexity index is 427. The third-order valence-electron chi connectivity index (χ3n) is 2.41. The van der Waals surface area contributed by atoms with E-state index in [0.29, 0.717) is 6.42 Å². The fourth-order valence-electron chi connectivity index (χ4n) is 1.66. The van der Waals surface area contributed by atoms with Gasteiger partial charge in [-0.05, 0) is 17.5 Å². The Labute approximate surface area is 105 Å². The first-order chi connectivity index (χ1) is 7.40. The van der Waals surface area contributed by atoms with Crippen molar-refractivity contribution in [1.29, 1.82) is 5.26 Å². The van der Waals surface area contributed by atoms with Crippen LogP contribution in [0, 0.1) is 11.3 Å². The maximum absolute atomic E-state index is 8.80. The number of methoxy groups -OCH3 is 1. The number of halogens is 1. The van der Waals surface area contributed by atoms with Gasteiger partial charge in [-0.1, -0.05) is 36.7 Å². The Morgan fingerprint density at radius 3 is 2.44 bits per heavy atom. The Morgan fingerprint density at radius 1 is 1.38 bits per heavy atom. The predicted molar refractivity (Wildman–Crippen MR) is 68.7 cm³/mol. The average molecular weight is 282 g/mol. The number of hydrogen-bond acceptors (Lipinski definition) is 2. The summed E-state index contributed by atoms with van der Waals surface area (Å²) in [6.45, 7) is 6.40. The summed E-state index contributed by atoms with van der Waals surface area (Å²) in [4.78, 5) is 0. The molecule has 0 amide bonds. The van der Waals surface area contributed by atoms with Crippen molar-refractivity contribution in [2.75, 3.05) is 7.11 Å². The van der Waals surface area contributed by atoms with E-state index in [0.717, 1.165) is 21.3 Å². The molecule has 0 N–H and O–H groups in total. The van der Waals surface area contributed by atoms with E-state index in [2.05, 4.69) is 48.8 Å². The topological polar surface area (TPSA) is 33.0 Å². The van der Waals surface area contributed by atoms with E-state index in [9.17, 15) is 0 Å². The highest BCUT2D eigenvalue weighted by molar-refractivity contribution is 9.10. The molecule has 0 aromatic heterocycles. The summed E-state index contributed by atoms with van der Waals surface area (Å²) in [5.41, 5.74) is 2.05. The maximum Gasteiger partial charge on any atom is 0.126 e. The van der Waals surface area contributed by atoms with E-state index in [-0.39, 0.29) is 5.41 Å². The minimum Gasteiger partial charge on any atom is -0.496 e. The van der Waals surface area contributed by atoms with E-state index < -0.39 is 0 Å². The summed E-state index contributed by atoms with van der Waals surface area (Å²) in [6.07, 6.45) is 0.367. The number of nitrogens with zero attached hydrogens (tertiary/aromatic N) is 1. The van der Waals surface area contributed by atoms with Crippen molar-refractivity contribution in [1.82, 2.24) is 0 Å². The zero-order chi connectivity index (χ0) is 12.3. The van der Waals surface area contributed by atoms with Gasteiger partial charge in [0.25, 0.3) is 0 Å². The summed E-state index contributed by atoms with van der Waals surface area (Å²) in [5, 5.41) is 8.80. The second-order valence-corrected chi connectivity index (χ2v) is 5.65. The number of rotatable bonds is 2. The summed E-state index contributed by atoms with van der Waals surface area (Å²) in [7, 11) is 1.65. The molecular formula is C13H16BrNO. The third-order valence-corrected chi connectivity index (χ3v) is 2.87. The van der Waals surface area contributed by atoms with Gasteiger partial charge < -0.3 is 4.74 Å². The molecule has 0 aliphatic heterocycles.